The second-order valence-electron chi connectivity index (χ2n) is 30.5. The Morgan fingerprint density at radius 2 is 0.485 bits per heavy atom. The Balaban J connectivity index is 5.24. The Labute approximate surface area is 607 Å². The molecule has 0 bridgehead atoms. The lowest BCUT2D eigenvalue weighted by molar-refractivity contribution is -0.161. The largest absolute Gasteiger partial charge is 0.472 e. The first-order valence-electron chi connectivity index (χ1n) is 41.2. The van der Waals surface area contributed by atoms with Gasteiger partial charge in [-0.1, -0.05) is 357 Å². The first-order valence-corrected chi connectivity index (χ1v) is 44.2. The van der Waals surface area contributed by atoms with Gasteiger partial charge in [-0.15, -0.1) is 0 Å². The van der Waals surface area contributed by atoms with E-state index in [-0.39, 0.29) is 25.7 Å². The van der Waals surface area contributed by atoms with Gasteiger partial charge >= 0.3 is 39.5 Å². The number of ether oxygens (including phenoxy) is 4. The van der Waals surface area contributed by atoms with E-state index < -0.39 is 97.5 Å². The van der Waals surface area contributed by atoms with Crippen LogP contribution in [0.3, 0.4) is 0 Å². The number of aliphatic hydroxyl groups is 1. The molecular formula is C80H156O17P2. The number of hydrogen-bond acceptors (Lipinski definition) is 15. The van der Waals surface area contributed by atoms with E-state index in [9.17, 15) is 43.2 Å². The van der Waals surface area contributed by atoms with Crippen LogP contribution in [-0.2, 0) is 65.4 Å². The molecule has 3 N–H and O–H groups in total. The lowest BCUT2D eigenvalue weighted by atomic mass is 10.00. The van der Waals surface area contributed by atoms with Crippen LogP contribution in [0.5, 0.6) is 0 Å². The predicted molar refractivity (Wildman–Crippen MR) is 404 cm³/mol. The van der Waals surface area contributed by atoms with E-state index in [1.54, 1.807) is 0 Å². The minimum Gasteiger partial charge on any atom is -0.462 e. The van der Waals surface area contributed by atoms with E-state index in [1.165, 1.54) is 205 Å². The highest BCUT2D eigenvalue weighted by Crippen LogP contribution is 2.45. The predicted octanol–water partition coefficient (Wildman–Crippen LogP) is 23.6. The van der Waals surface area contributed by atoms with Crippen molar-refractivity contribution in [3.05, 3.63) is 0 Å². The molecule has 0 aliphatic heterocycles. The van der Waals surface area contributed by atoms with E-state index in [0.717, 1.165) is 120 Å². The van der Waals surface area contributed by atoms with Gasteiger partial charge in [-0.25, -0.2) is 9.13 Å². The standard InChI is InChI=1S/C80H156O17P2/c1-9-73(8)59-51-43-38-39-45-53-61-78(83)91-67-76(97-80(85)63-55-47-37-31-25-19-17-22-28-34-42-50-58-72(6)7)69-95-99(88,89)93-65-74(81)64-92-98(86,87)94-68-75(96-79(84)62-54-46-36-30-24-18-16-21-27-33-41-49-57-71(4)5)66-90-77(82)60-52-44-35-29-23-15-13-11-10-12-14-20-26-32-40-48-56-70(2)3/h70-76,81H,9-69H2,1-8H3,(H,86,87)(H,88,89)/t73?,74-,75-,76-/m1/s1. The molecule has 0 heterocycles. The highest BCUT2D eigenvalue weighted by atomic mass is 31.2. The molecule has 3 unspecified atom stereocenters. The maximum atomic E-state index is 13.1. The zero-order chi connectivity index (χ0) is 73.1. The van der Waals surface area contributed by atoms with Crippen molar-refractivity contribution in [2.45, 2.75) is 427 Å². The van der Waals surface area contributed by atoms with Crippen LogP contribution < -0.4 is 0 Å². The molecule has 588 valence electrons. The van der Waals surface area contributed by atoms with Crippen LogP contribution in [0.15, 0.2) is 0 Å². The molecular weight excluding hydrogens is 1290 g/mol. The average Bonchev–Trinajstić information content (AvgIpc) is 1.07. The fraction of sp³-hybridized carbons (Fsp3) is 0.950. The van der Waals surface area contributed by atoms with Crippen molar-refractivity contribution < 1.29 is 80.2 Å². The van der Waals surface area contributed by atoms with Gasteiger partial charge in [0.15, 0.2) is 12.2 Å². The van der Waals surface area contributed by atoms with E-state index in [4.69, 9.17) is 37.0 Å². The zero-order valence-corrected chi connectivity index (χ0v) is 66.9. The number of rotatable bonds is 77. The quantitative estimate of drug-likeness (QED) is 0.0222. The Kier molecular flexibility index (Phi) is 67.8. The van der Waals surface area contributed by atoms with E-state index in [2.05, 4.69) is 55.4 Å². The van der Waals surface area contributed by atoms with Crippen molar-refractivity contribution in [1.82, 2.24) is 0 Å². The molecule has 0 fully saturated rings. The minimum absolute atomic E-state index is 0.106. The molecule has 99 heavy (non-hydrogen) atoms. The summed E-state index contributed by atoms with van der Waals surface area (Å²) in [6.07, 6.45) is 55.5. The molecule has 0 rings (SSSR count). The smallest absolute Gasteiger partial charge is 0.462 e. The van der Waals surface area contributed by atoms with Crippen LogP contribution in [0.25, 0.3) is 0 Å². The van der Waals surface area contributed by atoms with E-state index >= 15 is 0 Å². The first-order chi connectivity index (χ1) is 47.6. The molecule has 0 saturated heterocycles. The van der Waals surface area contributed by atoms with Gasteiger partial charge in [0.05, 0.1) is 26.4 Å². The number of hydrogen-bond donors (Lipinski definition) is 3. The molecule has 0 aromatic heterocycles. The molecule has 0 radical (unpaired) electrons. The summed E-state index contributed by atoms with van der Waals surface area (Å²) in [6.45, 7) is 14.2. The Hall–Kier alpha value is -1.94. The summed E-state index contributed by atoms with van der Waals surface area (Å²) in [5, 5.41) is 10.6. The normalized spacial score (nSPS) is 14.3. The van der Waals surface area contributed by atoms with Gasteiger partial charge in [0, 0.05) is 25.7 Å². The summed E-state index contributed by atoms with van der Waals surface area (Å²) >= 11 is 0. The van der Waals surface area contributed by atoms with Crippen molar-refractivity contribution in [2.24, 2.45) is 23.7 Å². The Morgan fingerprint density at radius 3 is 0.717 bits per heavy atom. The van der Waals surface area contributed by atoms with Crippen LogP contribution in [0.4, 0.5) is 0 Å². The number of phosphoric ester groups is 2. The molecule has 0 aromatic rings. The third kappa shape index (κ3) is 72.8. The molecule has 0 aromatic carbocycles. The van der Waals surface area contributed by atoms with Crippen molar-refractivity contribution >= 4 is 39.5 Å². The van der Waals surface area contributed by atoms with Crippen molar-refractivity contribution in [3.8, 4) is 0 Å². The molecule has 0 spiro atoms. The highest BCUT2D eigenvalue weighted by Gasteiger charge is 2.30. The summed E-state index contributed by atoms with van der Waals surface area (Å²) in [5.41, 5.74) is 0. The fourth-order valence-electron chi connectivity index (χ4n) is 12.2. The van der Waals surface area contributed by atoms with Gasteiger partial charge in [0.25, 0.3) is 0 Å². The average molecular weight is 1450 g/mol. The number of esters is 4. The second kappa shape index (κ2) is 69.1. The molecule has 6 atom stereocenters. The third-order valence-electron chi connectivity index (χ3n) is 18.9. The molecule has 0 aliphatic rings. The second-order valence-corrected chi connectivity index (χ2v) is 33.4. The van der Waals surface area contributed by atoms with Crippen LogP contribution in [0.2, 0.25) is 0 Å². The number of carbonyl (C=O) groups is 4. The van der Waals surface area contributed by atoms with Crippen LogP contribution in [0, 0.1) is 23.7 Å². The van der Waals surface area contributed by atoms with Gasteiger partial charge in [-0.2, -0.15) is 0 Å². The lowest BCUT2D eigenvalue weighted by Gasteiger charge is -2.21. The highest BCUT2D eigenvalue weighted by molar-refractivity contribution is 7.47. The SMILES string of the molecule is CCC(C)CCCCCCCCC(=O)OC[C@H](COP(=O)(O)OC[C@H](O)COP(=O)(O)OC[C@@H](COC(=O)CCCCCCCCCCCCCCCCCCC(C)C)OC(=O)CCCCCCCCCCCCCCC(C)C)OC(=O)CCCCCCCCCCCCCCC(C)C. The van der Waals surface area contributed by atoms with Crippen LogP contribution >= 0.6 is 15.6 Å². The molecule has 17 nitrogen and oxygen atoms in total. The lowest BCUT2D eigenvalue weighted by Crippen LogP contribution is -2.30. The Bertz CT molecular complexity index is 1940. The van der Waals surface area contributed by atoms with Crippen LogP contribution in [-0.4, -0.2) is 96.7 Å². The van der Waals surface area contributed by atoms with Crippen molar-refractivity contribution in [3.63, 3.8) is 0 Å². The molecule has 0 amide bonds. The van der Waals surface area contributed by atoms with Gasteiger partial charge < -0.3 is 33.8 Å². The van der Waals surface area contributed by atoms with E-state index in [0.29, 0.717) is 25.7 Å². The maximum Gasteiger partial charge on any atom is 0.472 e. The number of unbranched alkanes of at least 4 members (excludes halogenated alkanes) is 42. The fourth-order valence-corrected chi connectivity index (χ4v) is 13.8. The Morgan fingerprint density at radius 1 is 0.283 bits per heavy atom. The van der Waals surface area contributed by atoms with Gasteiger partial charge in [-0.05, 0) is 49.4 Å². The monoisotopic (exact) mass is 1450 g/mol. The molecule has 0 aliphatic carbocycles. The summed E-state index contributed by atoms with van der Waals surface area (Å²) in [6, 6.07) is 0. The van der Waals surface area contributed by atoms with E-state index in [1.807, 2.05) is 0 Å². The number of carbonyl (C=O) groups excluding carboxylic acids is 4. The van der Waals surface area contributed by atoms with Gasteiger partial charge in [0.1, 0.15) is 19.3 Å². The zero-order valence-electron chi connectivity index (χ0n) is 65.1. The third-order valence-corrected chi connectivity index (χ3v) is 20.8. The van der Waals surface area contributed by atoms with Gasteiger partial charge in [-0.3, -0.25) is 37.3 Å². The van der Waals surface area contributed by atoms with Crippen LogP contribution in [0.1, 0.15) is 409 Å². The minimum atomic E-state index is -4.96. The van der Waals surface area contributed by atoms with Crippen molar-refractivity contribution in [1.29, 1.82) is 0 Å². The van der Waals surface area contributed by atoms with Gasteiger partial charge in [0.2, 0.25) is 0 Å². The maximum absolute atomic E-state index is 13.1. The summed E-state index contributed by atoms with van der Waals surface area (Å²) < 4.78 is 68.7. The summed E-state index contributed by atoms with van der Waals surface area (Å²) in [7, 11) is -9.92. The van der Waals surface area contributed by atoms with Crippen molar-refractivity contribution in [2.75, 3.05) is 39.6 Å². The molecule has 0 saturated carbocycles. The molecule has 19 heteroatoms. The summed E-state index contributed by atoms with van der Waals surface area (Å²) in [5.74, 6) is 0.981. The summed E-state index contributed by atoms with van der Waals surface area (Å²) in [4.78, 5) is 73.0. The number of phosphoric acid groups is 2. The first kappa shape index (κ1) is 97.1. The topological polar surface area (TPSA) is 237 Å². The number of aliphatic hydroxyl groups excluding tert-OH is 1.